The lowest BCUT2D eigenvalue weighted by atomic mass is 9.99. The van der Waals surface area contributed by atoms with Gasteiger partial charge in [-0.15, -0.1) is 0 Å². The molecule has 4 nitrogen and oxygen atoms in total. The largest absolute Gasteiger partial charge is 0.333 e. The van der Waals surface area contributed by atoms with Gasteiger partial charge in [0, 0.05) is 24.7 Å². The Kier molecular flexibility index (Phi) is 3.29. The van der Waals surface area contributed by atoms with E-state index < -0.39 is 0 Å². The second kappa shape index (κ2) is 5.44. The van der Waals surface area contributed by atoms with Gasteiger partial charge in [-0.3, -0.25) is 9.89 Å². The molecule has 1 aliphatic carbocycles. The van der Waals surface area contributed by atoms with Gasteiger partial charge in [0.15, 0.2) is 0 Å². The van der Waals surface area contributed by atoms with Gasteiger partial charge in [-0.1, -0.05) is 36.4 Å². The predicted molar refractivity (Wildman–Crippen MR) is 85.5 cm³/mol. The van der Waals surface area contributed by atoms with E-state index in [1.807, 2.05) is 17.0 Å². The molecule has 1 aromatic carbocycles. The number of nitrogens with zero attached hydrogens (tertiary/aromatic N) is 2. The maximum Gasteiger partial charge on any atom is 0.274 e. The number of benzene rings is 1. The lowest BCUT2D eigenvalue weighted by molar-refractivity contribution is 0.0767. The number of aromatic amines is 1. The molecule has 1 saturated carbocycles. The predicted octanol–water partition coefficient (Wildman–Crippen LogP) is 3.22. The molecule has 112 valence electrons. The Bertz CT molecular complexity index is 713. The summed E-state index contributed by atoms with van der Waals surface area (Å²) in [6.07, 6.45) is 5.48. The van der Waals surface area contributed by atoms with Crippen LogP contribution in [-0.4, -0.2) is 34.1 Å². The number of carbonyl (C=O) groups excluding carboxylic acids is 1. The summed E-state index contributed by atoms with van der Waals surface area (Å²) in [6, 6.07) is 12.3. The minimum absolute atomic E-state index is 0.0338. The number of amides is 1. The number of nitrogens with one attached hydrogen (secondary N) is 1. The van der Waals surface area contributed by atoms with E-state index in [-0.39, 0.29) is 5.91 Å². The highest BCUT2D eigenvalue weighted by Crippen LogP contribution is 2.39. The minimum Gasteiger partial charge on any atom is -0.333 e. The molecule has 2 aromatic rings. The molecule has 22 heavy (non-hydrogen) atoms. The fraction of sp³-hybridized carbons (Fsp3) is 0.333. The van der Waals surface area contributed by atoms with Crippen LogP contribution in [0.3, 0.4) is 0 Å². The number of carbonyl (C=O) groups is 1. The van der Waals surface area contributed by atoms with Gasteiger partial charge in [-0.05, 0) is 36.5 Å². The molecule has 2 aliphatic rings. The van der Waals surface area contributed by atoms with Crippen LogP contribution in [0.4, 0.5) is 0 Å². The van der Waals surface area contributed by atoms with Gasteiger partial charge < -0.3 is 4.90 Å². The first-order valence-corrected chi connectivity index (χ1v) is 7.90. The molecule has 1 aromatic heterocycles. The van der Waals surface area contributed by atoms with Crippen LogP contribution in [0.15, 0.2) is 42.5 Å². The van der Waals surface area contributed by atoms with Crippen molar-refractivity contribution in [2.24, 2.45) is 0 Å². The summed E-state index contributed by atoms with van der Waals surface area (Å²) < 4.78 is 0. The lowest BCUT2D eigenvalue weighted by Crippen LogP contribution is -2.34. The smallest absolute Gasteiger partial charge is 0.274 e. The minimum atomic E-state index is 0.0338. The molecule has 0 spiro atoms. The van der Waals surface area contributed by atoms with E-state index >= 15 is 0 Å². The van der Waals surface area contributed by atoms with Crippen molar-refractivity contribution < 1.29 is 4.79 Å². The van der Waals surface area contributed by atoms with E-state index in [1.165, 1.54) is 24.0 Å². The first kappa shape index (κ1) is 13.3. The normalized spacial score (nSPS) is 18.2. The van der Waals surface area contributed by atoms with Gasteiger partial charge in [0.1, 0.15) is 5.69 Å². The fourth-order valence-electron chi connectivity index (χ4n) is 2.98. The second-order valence-corrected chi connectivity index (χ2v) is 6.08. The fourth-order valence-corrected chi connectivity index (χ4v) is 2.98. The van der Waals surface area contributed by atoms with Crippen LogP contribution in [0.2, 0.25) is 0 Å². The van der Waals surface area contributed by atoms with Crippen molar-refractivity contribution in [1.29, 1.82) is 0 Å². The Morgan fingerprint density at radius 1 is 1.23 bits per heavy atom. The molecule has 0 unspecified atom stereocenters. The molecule has 2 heterocycles. The summed E-state index contributed by atoms with van der Waals surface area (Å²) in [5.74, 6) is 0.631. The Balaban J connectivity index is 1.46. The van der Waals surface area contributed by atoms with E-state index in [0.717, 1.165) is 18.7 Å². The van der Waals surface area contributed by atoms with E-state index in [0.29, 0.717) is 18.2 Å². The van der Waals surface area contributed by atoms with Crippen LogP contribution < -0.4 is 0 Å². The van der Waals surface area contributed by atoms with Crippen molar-refractivity contribution in [3.05, 3.63) is 59.4 Å². The van der Waals surface area contributed by atoms with Crippen molar-refractivity contribution in [2.45, 2.75) is 25.2 Å². The zero-order chi connectivity index (χ0) is 14.9. The van der Waals surface area contributed by atoms with Crippen LogP contribution in [-0.2, 0) is 0 Å². The van der Waals surface area contributed by atoms with Gasteiger partial charge in [0.05, 0.1) is 0 Å². The monoisotopic (exact) mass is 293 g/mol. The van der Waals surface area contributed by atoms with Crippen LogP contribution in [0.5, 0.6) is 0 Å². The van der Waals surface area contributed by atoms with E-state index in [4.69, 9.17) is 0 Å². The highest BCUT2D eigenvalue weighted by Gasteiger charge is 2.28. The maximum absolute atomic E-state index is 12.5. The van der Waals surface area contributed by atoms with Crippen molar-refractivity contribution in [3.63, 3.8) is 0 Å². The van der Waals surface area contributed by atoms with E-state index in [9.17, 15) is 4.79 Å². The van der Waals surface area contributed by atoms with E-state index in [1.54, 1.807) is 0 Å². The SMILES string of the molecule is O=C(c1cc(C2CC2)[nH]n1)N1CC=C(c2ccccc2)CC1. The van der Waals surface area contributed by atoms with Crippen LogP contribution in [0.1, 0.15) is 46.9 Å². The second-order valence-electron chi connectivity index (χ2n) is 6.08. The highest BCUT2D eigenvalue weighted by atomic mass is 16.2. The average Bonchev–Trinajstić information content (AvgIpc) is 3.32. The van der Waals surface area contributed by atoms with Crippen LogP contribution >= 0.6 is 0 Å². The third kappa shape index (κ3) is 2.56. The van der Waals surface area contributed by atoms with Crippen molar-refractivity contribution in [3.8, 4) is 0 Å². The first-order chi connectivity index (χ1) is 10.8. The van der Waals surface area contributed by atoms with Crippen LogP contribution in [0, 0.1) is 0 Å². The summed E-state index contributed by atoms with van der Waals surface area (Å²) in [5.41, 5.74) is 4.25. The highest BCUT2D eigenvalue weighted by molar-refractivity contribution is 5.93. The Labute approximate surface area is 129 Å². The molecule has 4 rings (SSSR count). The van der Waals surface area contributed by atoms with Gasteiger partial charge in [0.25, 0.3) is 5.91 Å². The maximum atomic E-state index is 12.5. The number of aromatic nitrogens is 2. The Morgan fingerprint density at radius 3 is 2.73 bits per heavy atom. The third-order valence-electron chi connectivity index (χ3n) is 4.47. The summed E-state index contributed by atoms with van der Waals surface area (Å²) >= 11 is 0. The quantitative estimate of drug-likeness (QED) is 0.944. The zero-order valence-electron chi connectivity index (χ0n) is 12.5. The van der Waals surface area contributed by atoms with Crippen molar-refractivity contribution in [1.82, 2.24) is 15.1 Å². The van der Waals surface area contributed by atoms with Gasteiger partial charge in [-0.25, -0.2) is 0 Å². The first-order valence-electron chi connectivity index (χ1n) is 7.90. The summed E-state index contributed by atoms with van der Waals surface area (Å²) in [5, 5.41) is 7.20. The lowest BCUT2D eigenvalue weighted by Gasteiger charge is -2.26. The van der Waals surface area contributed by atoms with Gasteiger partial charge in [0.2, 0.25) is 0 Å². The molecular weight excluding hydrogens is 274 g/mol. The summed E-state index contributed by atoms with van der Waals surface area (Å²) in [4.78, 5) is 14.4. The molecule has 0 saturated heterocycles. The number of rotatable bonds is 3. The molecular formula is C18H19N3O. The molecule has 0 radical (unpaired) electrons. The van der Waals surface area contributed by atoms with Crippen LogP contribution in [0.25, 0.3) is 5.57 Å². The van der Waals surface area contributed by atoms with E-state index in [2.05, 4.69) is 40.5 Å². The Hall–Kier alpha value is -2.36. The molecule has 4 heteroatoms. The molecule has 1 N–H and O–H groups in total. The standard InChI is InChI=1S/C18H19N3O/c22-18(17-12-16(19-20-17)15-6-7-15)21-10-8-14(9-11-21)13-4-2-1-3-5-13/h1-5,8,12,15H,6-7,9-11H2,(H,19,20). The van der Waals surface area contributed by atoms with Crippen molar-refractivity contribution in [2.75, 3.05) is 13.1 Å². The number of hydrogen-bond acceptors (Lipinski definition) is 2. The summed E-state index contributed by atoms with van der Waals surface area (Å²) in [7, 11) is 0. The number of hydrogen-bond donors (Lipinski definition) is 1. The molecule has 0 atom stereocenters. The Morgan fingerprint density at radius 2 is 2.05 bits per heavy atom. The zero-order valence-corrected chi connectivity index (χ0v) is 12.5. The molecule has 1 aliphatic heterocycles. The number of H-pyrrole nitrogens is 1. The molecule has 1 amide bonds. The van der Waals surface area contributed by atoms with Crippen molar-refractivity contribution >= 4 is 11.5 Å². The molecule has 0 bridgehead atoms. The topological polar surface area (TPSA) is 49.0 Å². The summed E-state index contributed by atoms with van der Waals surface area (Å²) in [6.45, 7) is 1.42. The van der Waals surface area contributed by atoms with Gasteiger partial charge >= 0.3 is 0 Å². The average molecular weight is 293 g/mol. The van der Waals surface area contributed by atoms with Gasteiger partial charge in [-0.2, -0.15) is 5.10 Å². The third-order valence-corrected chi connectivity index (χ3v) is 4.47. The molecule has 1 fully saturated rings.